The Morgan fingerprint density at radius 2 is 2.00 bits per heavy atom. The SMILES string of the molecule is CN/C=C(/C1=CC2C(=CC=C(N/C(N)=C/C(=C\N)C(C)C)N2C)N=C1)C(N)=NC1CCOCC1. The largest absolute Gasteiger partial charge is 0.404 e. The lowest BCUT2D eigenvalue weighted by molar-refractivity contribution is 0.0871. The maximum atomic E-state index is 6.45. The van der Waals surface area contributed by atoms with Gasteiger partial charge in [-0.1, -0.05) is 13.8 Å². The molecule has 184 valence electrons. The molecule has 3 heterocycles. The van der Waals surface area contributed by atoms with E-state index >= 15 is 0 Å². The molecule has 0 aromatic heterocycles. The van der Waals surface area contributed by atoms with Gasteiger partial charge in [0.25, 0.3) is 0 Å². The van der Waals surface area contributed by atoms with Crippen LogP contribution in [0.2, 0.25) is 0 Å². The second-order valence-corrected chi connectivity index (χ2v) is 8.83. The molecule has 9 heteroatoms. The average Bonchev–Trinajstić information content (AvgIpc) is 2.83. The zero-order valence-corrected chi connectivity index (χ0v) is 20.6. The van der Waals surface area contributed by atoms with E-state index in [2.05, 4.69) is 35.5 Å². The number of likely N-dealkylation sites (N-methyl/N-ethyl adjacent to an activating group) is 1. The van der Waals surface area contributed by atoms with E-state index in [1.165, 1.54) is 0 Å². The number of amidine groups is 1. The fourth-order valence-corrected chi connectivity index (χ4v) is 3.99. The highest BCUT2D eigenvalue weighted by Crippen LogP contribution is 2.27. The molecular formula is C25H38N8O. The standard InChI is InChI=1S/C25H38N8O/c1-16(2)17(13-26)12-23(27)32-24-6-5-21-22(33(24)4)11-18(14-30-21)20(15-29-3)25(28)31-19-7-9-34-10-8-19/h5-6,11-16,19,22,29,32H,7-10,26-27H2,1-4H3,(H2,28,31)/b17-13+,20-15-,23-12+. The van der Waals surface area contributed by atoms with Gasteiger partial charge in [-0.2, -0.15) is 0 Å². The van der Waals surface area contributed by atoms with Crippen LogP contribution in [0.5, 0.6) is 0 Å². The van der Waals surface area contributed by atoms with E-state index in [4.69, 9.17) is 31.9 Å². The molecule has 3 aliphatic rings. The molecule has 0 aliphatic carbocycles. The minimum atomic E-state index is -0.0777. The summed E-state index contributed by atoms with van der Waals surface area (Å²) in [5.74, 6) is 2.16. The van der Waals surface area contributed by atoms with Crippen LogP contribution in [0, 0.1) is 5.92 Å². The van der Waals surface area contributed by atoms with Crippen LogP contribution in [-0.4, -0.2) is 56.3 Å². The quantitative estimate of drug-likeness (QED) is 0.208. The number of fused-ring (bicyclic) bond motifs is 1. The van der Waals surface area contributed by atoms with E-state index in [9.17, 15) is 0 Å². The summed E-state index contributed by atoms with van der Waals surface area (Å²) in [5.41, 5.74) is 22.1. The molecule has 34 heavy (non-hydrogen) atoms. The Hall–Kier alpha value is -3.46. The first-order valence-corrected chi connectivity index (χ1v) is 11.7. The highest BCUT2D eigenvalue weighted by Gasteiger charge is 2.27. The fourth-order valence-electron chi connectivity index (χ4n) is 3.99. The van der Waals surface area contributed by atoms with E-state index in [0.29, 0.717) is 11.7 Å². The number of allylic oxidation sites excluding steroid dienone is 4. The van der Waals surface area contributed by atoms with Crippen LogP contribution in [0.15, 0.2) is 80.7 Å². The number of hydrogen-bond donors (Lipinski definition) is 5. The predicted molar refractivity (Wildman–Crippen MR) is 139 cm³/mol. The molecule has 0 spiro atoms. The molecule has 0 aromatic rings. The van der Waals surface area contributed by atoms with Crippen molar-refractivity contribution in [3.8, 4) is 0 Å². The van der Waals surface area contributed by atoms with Crippen LogP contribution in [0.4, 0.5) is 0 Å². The Balaban J connectivity index is 1.81. The summed E-state index contributed by atoms with van der Waals surface area (Å²) < 4.78 is 5.44. The van der Waals surface area contributed by atoms with Gasteiger partial charge >= 0.3 is 0 Å². The van der Waals surface area contributed by atoms with Crippen molar-refractivity contribution in [3.63, 3.8) is 0 Å². The van der Waals surface area contributed by atoms with Gasteiger partial charge < -0.3 is 37.5 Å². The van der Waals surface area contributed by atoms with Crippen molar-refractivity contribution in [2.45, 2.75) is 38.8 Å². The average molecular weight is 467 g/mol. The third-order valence-corrected chi connectivity index (χ3v) is 6.04. The lowest BCUT2D eigenvalue weighted by Gasteiger charge is -2.35. The highest BCUT2D eigenvalue weighted by atomic mass is 16.5. The number of ether oxygens (including phenoxy) is 1. The van der Waals surface area contributed by atoms with E-state index in [1.54, 1.807) is 6.20 Å². The molecule has 1 unspecified atom stereocenters. The van der Waals surface area contributed by atoms with E-state index < -0.39 is 0 Å². The van der Waals surface area contributed by atoms with Gasteiger partial charge in [-0.05, 0) is 54.8 Å². The summed E-state index contributed by atoms with van der Waals surface area (Å²) in [4.78, 5) is 11.6. The van der Waals surface area contributed by atoms with Crippen LogP contribution in [0.25, 0.3) is 0 Å². The number of nitrogens with one attached hydrogen (secondary N) is 2. The zero-order valence-electron chi connectivity index (χ0n) is 20.6. The van der Waals surface area contributed by atoms with Crippen molar-refractivity contribution in [1.82, 2.24) is 15.5 Å². The Kier molecular flexibility index (Phi) is 8.59. The summed E-state index contributed by atoms with van der Waals surface area (Å²) >= 11 is 0. The Morgan fingerprint density at radius 3 is 2.65 bits per heavy atom. The summed E-state index contributed by atoms with van der Waals surface area (Å²) in [5, 5.41) is 6.38. The van der Waals surface area contributed by atoms with Gasteiger partial charge in [0.15, 0.2) is 0 Å². The molecule has 0 bridgehead atoms. The number of rotatable bonds is 8. The number of aliphatic imine (C=N–C) groups is 2. The van der Waals surface area contributed by atoms with Gasteiger partial charge in [0.05, 0.1) is 17.8 Å². The number of nitrogens with two attached hydrogens (primary N) is 3. The van der Waals surface area contributed by atoms with Crippen molar-refractivity contribution in [1.29, 1.82) is 0 Å². The number of nitrogens with zero attached hydrogens (tertiary/aromatic N) is 3. The van der Waals surface area contributed by atoms with Crippen molar-refractivity contribution in [2.75, 3.05) is 27.3 Å². The fraction of sp³-hybridized carbons (Fsp3) is 0.440. The van der Waals surface area contributed by atoms with E-state index in [0.717, 1.165) is 54.3 Å². The van der Waals surface area contributed by atoms with Gasteiger partial charge in [0.1, 0.15) is 17.5 Å². The third-order valence-electron chi connectivity index (χ3n) is 6.04. The molecule has 1 saturated heterocycles. The van der Waals surface area contributed by atoms with Gasteiger partial charge in [0.2, 0.25) is 0 Å². The molecule has 1 fully saturated rings. The van der Waals surface area contributed by atoms with Crippen molar-refractivity contribution in [2.24, 2.45) is 33.1 Å². The summed E-state index contributed by atoms with van der Waals surface area (Å²) in [6.45, 7) is 5.58. The van der Waals surface area contributed by atoms with E-state index in [1.807, 2.05) is 44.7 Å². The van der Waals surface area contributed by atoms with E-state index in [-0.39, 0.29) is 18.0 Å². The molecular weight excluding hydrogens is 428 g/mol. The summed E-state index contributed by atoms with van der Waals surface area (Å²) in [7, 11) is 3.85. The number of dihydropyridines is 1. The van der Waals surface area contributed by atoms with Crippen LogP contribution in [0.1, 0.15) is 26.7 Å². The Labute approximate surface area is 202 Å². The minimum absolute atomic E-state index is 0.0777. The smallest absolute Gasteiger partial charge is 0.128 e. The van der Waals surface area contributed by atoms with Gasteiger partial charge in [-0.25, -0.2) is 0 Å². The van der Waals surface area contributed by atoms with Crippen LogP contribution >= 0.6 is 0 Å². The first-order valence-electron chi connectivity index (χ1n) is 11.7. The lowest BCUT2D eigenvalue weighted by atomic mass is 9.97. The summed E-state index contributed by atoms with van der Waals surface area (Å²) in [6.07, 6.45) is 15.0. The molecule has 0 radical (unpaired) electrons. The van der Waals surface area contributed by atoms with Crippen LogP contribution in [0.3, 0.4) is 0 Å². The molecule has 3 aliphatic heterocycles. The maximum absolute atomic E-state index is 6.45. The minimum Gasteiger partial charge on any atom is -0.404 e. The molecule has 1 atom stereocenters. The van der Waals surface area contributed by atoms with Gasteiger partial charge in [-0.3, -0.25) is 9.98 Å². The molecule has 0 aromatic carbocycles. The lowest BCUT2D eigenvalue weighted by Crippen LogP contribution is -2.40. The van der Waals surface area contributed by atoms with Crippen LogP contribution < -0.4 is 27.8 Å². The van der Waals surface area contributed by atoms with Crippen molar-refractivity contribution in [3.05, 3.63) is 70.8 Å². The maximum Gasteiger partial charge on any atom is 0.128 e. The van der Waals surface area contributed by atoms with Crippen molar-refractivity contribution >= 4 is 12.1 Å². The van der Waals surface area contributed by atoms with Gasteiger partial charge in [0, 0.05) is 50.9 Å². The monoisotopic (exact) mass is 466 g/mol. The number of hydrogen-bond acceptors (Lipinski definition) is 8. The van der Waals surface area contributed by atoms with Gasteiger partial charge in [-0.15, -0.1) is 0 Å². The molecule has 3 rings (SSSR count). The Bertz CT molecular complexity index is 990. The molecule has 0 amide bonds. The van der Waals surface area contributed by atoms with Crippen molar-refractivity contribution < 1.29 is 4.74 Å². The molecule has 8 N–H and O–H groups in total. The Morgan fingerprint density at radius 1 is 1.26 bits per heavy atom. The summed E-state index contributed by atoms with van der Waals surface area (Å²) in [6, 6.07) is 0.0980. The highest BCUT2D eigenvalue weighted by molar-refractivity contribution is 6.08. The second-order valence-electron chi connectivity index (χ2n) is 8.83. The zero-order chi connectivity index (χ0) is 24.7. The second kappa shape index (κ2) is 11.6. The first-order chi connectivity index (χ1) is 16.3. The first kappa shape index (κ1) is 25.2. The molecule has 0 saturated carbocycles. The third kappa shape index (κ3) is 6.11. The normalized spacial score (nSPS) is 22.8. The predicted octanol–water partition coefficient (Wildman–Crippen LogP) is 1.56. The molecule has 9 nitrogen and oxygen atoms in total. The van der Waals surface area contributed by atoms with Crippen LogP contribution in [-0.2, 0) is 4.74 Å². The topological polar surface area (TPSA) is 139 Å².